The first kappa shape index (κ1) is 14.7. The second-order valence-electron chi connectivity index (χ2n) is 4.93. The van der Waals surface area contributed by atoms with Crippen LogP contribution in [0.1, 0.15) is 29.7 Å². The van der Waals surface area contributed by atoms with Crippen LogP contribution in [0.5, 0.6) is 0 Å². The lowest BCUT2D eigenvalue weighted by Gasteiger charge is -2.21. The lowest BCUT2D eigenvalue weighted by atomic mass is 10.1. The van der Waals surface area contributed by atoms with Crippen molar-refractivity contribution in [3.8, 4) is 0 Å². The molecule has 108 valence electrons. The maximum absolute atomic E-state index is 11.2. The van der Waals surface area contributed by atoms with Crippen LogP contribution in [-0.2, 0) is 22.4 Å². The van der Waals surface area contributed by atoms with Gasteiger partial charge in [-0.15, -0.1) is 0 Å². The van der Waals surface area contributed by atoms with Gasteiger partial charge in [0, 0.05) is 19.3 Å². The first-order chi connectivity index (χ1) is 9.52. The molecule has 1 aromatic rings. The molecule has 0 fully saturated rings. The van der Waals surface area contributed by atoms with E-state index in [0.29, 0.717) is 18.0 Å². The van der Waals surface area contributed by atoms with E-state index < -0.39 is 0 Å². The van der Waals surface area contributed by atoms with Crippen molar-refractivity contribution in [2.75, 3.05) is 25.6 Å². The van der Waals surface area contributed by atoms with Gasteiger partial charge in [0.05, 0.1) is 19.1 Å². The number of esters is 1. The average Bonchev–Trinajstić information content (AvgIpc) is 2.89. The zero-order valence-electron chi connectivity index (χ0n) is 11.8. The second-order valence-corrected chi connectivity index (χ2v) is 5.37. The van der Waals surface area contributed by atoms with E-state index in [4.69, 9.17) is 18.0 Å². The molecule has 0 aromatic carbocycles. The van der Waals surface area contributed by atoms with Crippen LogP contribution >= 0.6 is 12.2 Å². The normalized spacial score (nSPS) is 12.9. The summed E-state index contributed by atoms with van der Waals surface area (Å²) in [5, 5.41) is 0. The van der Waals surface area contributed by atoms with Gasteiger partial charge < -0.3 is 15.4 Å². The van der Waals surface area contributed by atoms with E-state index in [1.165, 1.54) is 12.7 Å². The Morgan fingerprint density at radius 1 is 1.55 bits per heavy atom. The summed E-state index contributed by atoms with van der Waals surface area (Å²) in [5.74, 6) is 0.511. The molecule has 1 aliphatic rings. The number of methoxy groups -OCH3 is 1. The van der Waals surface area contributed by atoms with E-state index in [0.717, 1.165) is 36.3 Å². The van der Waals surface area contributed by atoms with Gasteiger partial charge in [-0.05, 0) is 30.9 Å². The van der Waals surface area contributed by atoms with Crippen molar-refractivity contribution in [2.45, 2.75) is 25.7 Å². The number of anilines is 1. The molecule has 0 aliphatic heterocycles. The van der Waals surface area contributed by atoms with Crippen molar-refractivity contribution < 1.29 is 9.53 Å². The molecule has 1 heterocycles. The van der Waals surface area contributed by atoms with Gasteiger partial charge in [0.2, 0.25) is 0 Å². The third-order valence-electron chi connectivity index (χ3n) is 3.54. The minimum Gasteiger partial charge on any atom is -0.469 e. The van der Waals surface area contributed by atoms with Crippen LogP contribution in [0.3, 0.4) is 0 Å². The highest BCUT2D eigenvalue weighted by molar-refractivity contribution is 7.80. The van der Waals surface area contributed by atoms with Gasteiger partial charge in [0.25, 0.3) is 0 Å². The second kappa shape index (κ2) is 6.17. The lowest BCUT2D eigenvalue weighted by Crippen LogP contribution is -2.26. The lowest BCUT2D eigenvalue weighted by molar-refractivity contribution is -0.140. The summed E-state index contributed by atoms with van der Waals surface area (Å²) < 4.78 is 4.65. The summed E-state index contributed by atoms with van der Waals surface area (Å²) in [4.78, 5) is 18.2. The van der Waals surface area contributed by atoms with Gasteiger partial charge in [0.15, 0.2) is 0 Å². The fraction of sp³-hybridized carbons (Fsp3) is 0.500. The SMILES string of the molecule is COC(=O)CCN(C)c1nc2c(cc1C(N)=S)CCC2. The zero-order chi connectivity index (χ0) is 14.7. The molecule has 2 rings (SSSR count). The minimum atomic E-state index is -0.241. The first-order valence-corrected chi connectivity index (χ1v) is 7.04. The van der Waals surface area contributed by atoms with E-state index >= 15 is 0 Å². The zero-order valence-corrected chi connectivity index (χ0v) is 12.6. The van der Waals surface area contributed by atoms with E-state index in [2.05, 4.69) is 9.72 Å². The maximum atomic E-state index is 11.2. The number of aryl methyl sites for hydroxylation is 2. The minimum absolute atomic E-state index is 0.241. The predicted octanol–water partition coefficient (Wildman–Crippen LogP) is 1.20. The third-order valence-corrected chi connectivity index (χ3v) is 3.76. The van der Waals surface area contributed by atoms with Gasteiger partial charge in [-0.1, -0.05) is 12.2 Å². The van der Waals surface area contributed by atoms with Gasteiger partial charge in [-0.2, -0.15) is 0 Å². The van der Waals surface area contributed by atoms with Crippen LogP contribution in [0.25, 0.3) is 0 Å². The number of nitrogens with two attached hydrogens (primary N) is 1. The highest BCUT2D eigenvalue weighted by Crippen LogP contribution is 2.27. The number of thiocarbonyl (C=S) groups is 1. The molecule has 2 N–H and O–H groups in total. The Hall–Kier alpha value is -1.69. The standard InChI is InChI=1S/C14H19N3O2S/c1-17(7-6-12(18)19-2)14-10(13(15)20)8-9-4-3-5-11(9)16-14/h8H,3-7H2,1-2H3,(H2,15,20). The molecule has 0 atom stereocenters. The Balaban J connectivity index is 2.25. The molecule has 0 amide bonds. The van der Waals surface area contributed by atoms with E-state index in [1.807, 2.05) is 18.0 Å². The third kappa shape index (κ3) is 3.07. The van der Waals surface area contributed by atoms with Gasteiger partial charge in [0.1, 0.15) is 10.8 Å². The molecule has 6 heteroatoms. The van der Waals surface area contributed by atoms with E-state index in [1.54, 1.807) is 0 Å². The predicted molar refractivity (Wildman–Crippen MR) is 82.1 cm³/mol. The summed E-state index contributed by atoms with van der Waals surface area (Å²) in [6.45, 7) is 0.522. The average molecular weight is 293 g/mol. The first-order valence-electron chi connectivity index (χ1n) is 6.63. The van der Waals surface area contributed by atoms with Crippen molar-refractivity contribution in [3.05, 3.63) is 22.9 Å². The fourth-order valence-electron chi connectivity index (χ4n) is 2.40. The summed E-state index contributed by atoms with van der Waals surface area (Å²) >= 11 is 5.12. The number of hydrogen-bond donors (Lipinski definition) is 1. The van der Waals surface area contributed by atoms with Gasteiger partial charge in [-0.3, -0.25) is 4.79 Å². The topological polar surface area (TPSA) is 68.5 Å². The summed E-state index contributed by atoms with van der Waals surface area (Å²) in [7, 11) is 3.27. The molecular weight excluding hydrogens is 274 g/mol. The summed E-state index contributed by atoms with van der Waals surface area (Å²) in [6, 6.07) is 2.04. The number of fused-ring (bicyclic) bond motifs is 1. The molecule has 1 aromatic heterocycles. The quantitative estimate of drug-likeness (QED) is 0.650. The highest BCUT2D eigenvalue weighted by atomic mass is 32.1. The Morgan fingerprint density at radius 3 is 2.95 bits per heavy atom. The molecule has 0 bridgehead atoms. The summed E-state index contributed by atoms with van der Waals surface area (Å²) in [5.41, 5.74) is 8.94. The number of carbonyl (C=O) groups excluding carboxylic acids is 1. The van der Waals surface area contributed by atoms with Crippen molar-refractivity contribution >= 4 is 29.0 Å². The molecule has 5 nitrogen and oxygen atoms in total. The summed E-state index contributed by atoms with van der Waals surface area (Å²) in [6.07, 6.45) is 3.45. The molecule has 0 saturated carbocycles. The molecular formula is C14H19N3O2S. The van der Waals surface area contributed by atoms with Gasteiger partial charge >= 0.3 is 5.97 Å². The van der Waals surface area contributed by atoms with Crippen molar-refractivity contribution in [1.29, 1.82) is 0 Å². The number of nitrogens with zero attached hydrogens (tertiary/aromatic N) is 2. The van der Waals surface area contributed by atoms with Crippen molar-refractivity contribution in [3.63, 3.8) is 0 Å². The number of aromatic nitrogens is 1. The van der Waals surface area contributed by atoms with Crippen LogP contribution in [-0.4, -0.2) is 36.6 Å². The Labute approximate surface area is 124 Å². The maximum Gasteiger partial charge on any atom is 0.307 e. The molecule has 20 heavy (non-hydrogen) atoms. The van der Waals surface area contributed by atoms with Gasteiger partial charge in [-0.25, -0.2) is 4.98 Å². The van der Waals surface area contributed by atoms with Crippen LogP contribution in [0.2, 0.25) is 0 Å². The largest absolute Gasteiger partial charge is 0.469 e. The fourth-order valence-corrected chi connectivity index (χ4v) is 2.55. The van der Waals surface area contributed by atoms with Crippen LogP contribution in [0, 0.1) is 0 Å². The highest BCUT2D eigenvalue weighted by Gasteiger charge is 2.20. The Kier molecular flexibility index (Phi) is 4.54. The van der Waals surface area contributed by atoms with Crippen LogP contribution in [0.4, 0.5) is 5.82 Å². The van der Waals surface area contributed by atoms with Crippen molar-refractivity contribution in [2.24, 2.45) is 5.73 Å². The molecule has 1 aliphatic carbocycles. The van der Waals surface area contributed by atoms with Crippen molar-refractivity contribution in [1.82, 2.24) is 4.98 Å². The van der Waals surface area contributed by atoms with E-state index in [-0.39, 0.29) is 5.97 Å². The number of pyridine rings is 1. The van der Waals surface area contributed by atoms with E-state index in [9.17, 15) is 4.79 Å². The number of rotatable bonds is 5. The molecule has 0 radical (unpaired) electrons. The van der Waals surface area contributed by atoms with Crippen LogP contribution < -0.4 is 10.6 Å². The molecule has 0 unspecified atom stereocenters. The number of carbonyl (C=O) groups is 1. The molecule has 0 saturated heterocycles. The number of hydrogen-bond acceptors (Lipinski definition) is 5. The Bertz CT molecular complexity index is 545. The van der Waals surface area contributed by atoms with Crippen LogP contribution in [0.15, 0.2) is 6.07 Å². The Morgan fingerprint density at radius 2 is 2.30 bits per heavy atom. The molecule has 0 spiro atoms. The number of ether oxygens (including phenoxy) is 1. The monoisotopic (exact) mass is 293 g/mol. The smallest absolute Gasteiger partial charge is 0.307 e.